The molecule has 2 aromatic rings. The van der Waals surface area contributed by atoms with Crippen molar-refractivity contribution in [1.29, 1.82) is 0 Å². The van der Waals surface area contributed by atoms with Crippen molar-refractivity contribution in [3.8, 4) is 0 Å². The molecule has 3 rings (SSSR count). The molecule has 1 fully saturated rings. The molecule has 2 aromatic heterocycles. The van der Waals surface area contributed by atoms with Crippen LogP contribution in [0.25, 0.3) is 5.78 Å². The summed E-state index contributed by atoms with van der Waals surface area (Å²) in [7, 11) is 0. The minimum absolute atomic E-state index is 0.0495. The largest absolute Gasteiger partial charge is 0.356 e. The molecule has 6 heteroatoms. The zero-order valence-corrected chi connectivity index (χ0v) is 15.6. The lowest BCUT2D eigenvalue weighted by atomic mass is 9.89. The van der Waals surface area contributed by atoms with Crippen molar-refractivity contribution in [2.24, 2.45) is 0 Å². The number of fused-ring (bicyclic) bond motifs is 1. The van der Waals surface area contributed by atoms with E-state index < -0.39 is 0 Å². The Morgan fingerprint density at radius 2 is 1.96 bits per heavy atom. The third kappa shape index (κ3) is 3.99. The van der Waals surface area contributed by atoms with E-state index in [-0.39, 0.29) is 5.91 Å². The monoisotopic (exact) mass is 343 g/mol. The van der Waals surface area contributed by atoms with Crippen LogP contribution in [0.15, 0.2) is 0 Å². The lowest BCUT2D eigenvalue weighted by Gasteiger charge is -2.17. The SMILES string of the molecule is CCCCNC(=O)Cc1c(C)nc2nc(C3CCCCC3)nn2c1C. The minimum Gasteiger partial charge on any atom is -0.356 e. The number of aromatic nitrogens is 4. The molecule has 1 amide bonds. The highest BCUT2D eigenvalue weighted by Crippen LogP contribution is 2.31. The van der Waals surface area contributed by atoms with Crippen molar-refractivity contribution < 1.29 is 4.79 Å². The summed E-state index contributed by atoms with van der Waals surface area (Å²) in [6, 6.07) is 0. The van der Waals surface area contributed by atoms with E-state index in [2.05, 4.69) is 22.2 Å². The first-order valence-corrected chi connectivity index (χ1v) is 9.59. The Morgan fingerprint density at radius 1 is 1.20 bits per heavy atom. The van der Waals surface area contributed by atoms with Crippen molar-refractivity contribution in [3.63, 3.8) is 0 Å². The molecule has 25 heavy (non-hydrogen) atoms. The van der Waals surface area contributed by atoms with Crippen molar-refractivity contribution >= 4 is 11.7 Å². The summed E-state index contributed by atoms with van der Waals surface area (Å²) in [5.41, 5.74) is 2.81. The Kier molecular flexibility index (Phi) is 5.66. The molecular formula is C19H29N5O. The maximum atomic E-state index is 12.2. The fraction of sp³-hybridized carbons (Fsp3) is 0.684. The van der Waals surface area contributed by atoms with Gasteiger partial charge in [-0.15, -0.1) is 5.10 Å². The Bertz CT molecular complexity index is 746. The molecule has 0 aliphatic heterocycles. The quantitative estimate of drug-likeness (QED) is 0.817. The standard InChI is InChI=1S/C19H29N5O/c1-4-5-11-20-17(25)12-16-13(2)21-19-22-18(23-24(19)14(16)3)15-9-7-6-8-10-15/h15H,4-12H2,1-3H3,(H,20,25). The first-order valence-electron chi connectivity index (χ1n) is 9.59. The van der Waals surface area contributed by atoms with Gasteiger partial charge in [-0.05, 0) is 33.1 Å². The van der Waals surface area contributed by atoms with E-state index >= 15 is 0 Å². The lowest BCUT2D eigenvalue weighted by Crippen LogP contribution is -2.27. The number of unbranched alkanes of at least 4 members (excludes halogenated alkanes) is 1. The summed E-state index contributed by atoms with van der Waals surface area (Å²) in [6.07, 6.45) is 8.61. The number of hydrogen-bond acceptors (Lipinski definition) is 4. The van der Waals surface area contributed by atoms with Crippen molar-refractivity contribution in [3.05, 3.63) is 22.8 Å². The molecule has 136 valence electrons. The number of hydrogen-bond donors (Lipinski definition) is 1. The Hall–Kier alpha value is -1.98. The van der Waals surface area contributed by atoms with Crippen molar-refractivity contribution in [2.45, 2.75) is 78.1 Å². The predicted molar refractivity (Wildman–Crippen MR) is 97.7 cm³/mol. The number of nitrogens with zero attached hydrogens (tertiary/aromatic N) is 4. The van der Waals surface area contributed by atoms with Crippen LogP contribution in [0.1, 0.15) is 80.6 Å². The molecule has 1 saturated carbocycles. The van der Waals surface area contributed by atoms with E-state index in [0.717, 1.165) is 42.2 Å². The lowest BCUT2D eigenvalue weighted by molar-refractivity contribution is -0.120. The maximum Gasteiger partial charge on any atom is 0.252 e. The van der Waals surface area contributed by atoms with Gasteiger partial charge in [0.2, 0.25) is 5.91 Å². The molecular weight excluding hydrogens is 314 g/mol. The summed E-state index contributed by atoms with van der Waals surface area (Å²) < 4.78 is 1.82. The van der Waals surface area contributed by atoms with E-state index in [4.69, 9.17) is 5.10 Å². The van der Waals surface area contributed by atoms with E-state index in [1.54, 1.807) is 0 Å². The second-order valence-corrected chi connectivity index (χ2v) is 7.16. The first kappa shape index (κ1) is 17.8. The van der Waals surface area contributed by atoms with Crippen LogP contribution in [0.5, 0.6) is 0 Å². The number of rotatable bonds is 6. The Balaban J connectivity index is 1.83. The number of aryl methyl sites for hydroxylation is 2. The molecule has 0 aromatic carbocycles. The predicted octanol–water partition coefficient (Wildman–Crippen LogP) is 3.25. The topological polar surface area (TPSA) is 72.2 Å². The smallest absolute Gasteiger partial charge is 0.252 e. The number of amides is 1. The van der Waals surface area contributed by atoms with Gasteiger partial charge in [0, 0.05) is 29.4 Å². The van der Waals surface area contributed by atoms with Gasteiger partial charge in [0.15, 0.2) is 5.82 Å². The van der Waals surface area contributed by atoms with Gasteiger partial charge in [0.1, 0.15) is 0 Å². The van der Waals surface area contributed by atoms with Crippen LogP contribution in [-0.2, 0) is 11.2 Å². The van der Waals surface area contributed by atoms with Crippen LogP contribution in [0.2, 0.25) is 0 Å². The minimum atomic E-state index is 0.0495. The van der Waals surface area contributed by atoms with Crippen LogP contribution in [0, 0.1) is 13.8 Å². The van der Waals surface area contributed by atoms with Gasteiger partial charge in [-0.2, -0.15) is 4.98 Å². The van der Waals surface area contributed by atoms with Gasteiger partial charge in [0.25, 0.3) is 5.78 Å². The molecule has 0 atom stereocenters. The third-order valence-electron chi connectivity index (χ3n) is 5.23. The van der Waals surface area contributed by atoms with Crippen LogP contribution in [0.4, 0.5) is 0 Å². The molecule has 1 aliphatic rings. The molecule has 6 nitrogen and oxygen atoms in total. The molecule has 0 unspecified atom stereocenters. The van der Waals surface area contributed by atoms with E-state index in [1.807, 2.05) is 18.4 Å². The Morgan fingerprint density at radius 3 is 2.68 bits per heavy atom. The fourth-order valence-electron chi connectivity index (χ4n) is 3.64. The van der Waals surface area contributed by atoms with Crippen LogP contribution in [0.3, 0.4) is 0 Å². The van der Waals surface area contributed by atoms with Crippen molar-refractivity contribution in [1.82, 2.24) is 24.9 Å². The summed E-state index contributed by atoms with van der Waals surface area (Å²) in [5, 5.41) is 7.71. The number of carbonyl (C=O) groups excluding carboxylic acids is 1. The normalized spacial score (nSPS) is 15.6. The second-order valence-electron chi connectivity index (χ2n) is 7.16. The van der Waals surface area contributed by atoms with Gasteiger partial charge in [-0.1, -0.05) is 32.6 Å². The highest BCUT2D eigenvalue weighted by Gasteiger charge is 2.22. The molecule has 2 heterocycles. The summed E-state index contributed by atoms with van der Waals surface area (Å²) >= 11 is 0. The van der Waals surface area contributed by atoms with Crippen molar-refractivity contribution in [2.75, 3.05) is 6.54 Å². The second kappa shape index (κ2) is 7.93. The van der Waals surface area contributed by atoms with Crippen LogP contribution >= 0.6 is 0 Å². The average molecular weight is 343 g/mol. The Labute approximate surface area is 149 Å². The highest BCUT2D eigenvalue weighted by atomic mass is 16.1. The fourth-order valence-corrected chi connectivity index (χ4v) is 3.64. The average Bonchev–Trinajstić information content (AvgIpc) is 3.04. The summed E-state index contributed by atoms with van der Waals surface area (Å²) in [4.78, 5) is 21.5. The summed E-state index contributed by atoms with van der Waals surface area (Å²) in [6.45, 7) is 6.82. The maximum absolute atomic E-state index is 12.2. The molecule has 0 saturated heterocycles. The van der Waals surface area contributed by atoms with Gasteiger partial charge in [-0.3, -0.25) is 4.79 Å². The van der Waals surface area contributed by atoms with Gasteiger partial charge in [0.05, 0.1) is 6.42 Å². The van der Waals surface area contributed by atoms with Crippen LogP contribution < -0.4 is 5.32 Å². The molecule has 1 aliphatic carbocycles. The van der Waals surface area contributed by atoms with Gasteiger partial charge < -0.3 is 5.32 Å². The van der Waals surface area contributed by atoms with Gasteiger partial charge >= 0.3 is 0 Å². The zero-order valence-electron chi connectivity index (χ0n) is 15.6. The van der Waals surface area contributed by atoms with Crippen LogP contribution in [-0.4, -0.2) is 32.0 Å². The number of carbonyl (C=O) groups is 1. The summed E-state index contributed by atoms with van der Waals surface area (Å²) in [5.74, 6) is 2.08. The first-order chi connectivity index (χ1) is 12.1. The highest BCUT2D eigenvalue weighted by molar-refractivity contribution is 5.79. The molecule has 1 N–H and O–H groups in total. The molecule has 0 bridgehead atoms. The number of nitrogens with one attached hydrogen (secondary N) is 1. The van der Waals surface area contributed by atoms with E-state index in [9.17, 15) is 4.79 Å². The zero-order chi connectivity index (χ0) is 17.8. The third-order valence-corrected chi connectivity index (χ3v) is 5.23. The molecule has 0 spiro atoms. The van der Waals surface area contributed by atoms with E-state index in [1.165, 1.54) is 32.1 Å². The van der Waals surface area contributed by atoms with Gasteiger partial charge in [-0.25, -0.2) is 9.50 Å². The van der Waals surface area contributed by atoms with E-state index in [0.29, 0.717) is 18.1 Å². The molecule has 0 radical (unpaired) electrons.